The zero-order chi connectivity index (χ0) is 14.8. The number of nitrogens with two attached hydrogens (primary N) is 1. The molecular weight excluding hydrogens is 264 g/mol. The highest BCUT2D eigenvalue weighted by Crippen LogP contribution is 2.25. The SMILES string of the molecule is COc1ccc(C(N)c2nc(C)nc3ccccc23)cn1. The van der Waals surface area contributed by atoms with Crippen molar-refractivity contribution in [2.45, 2.75) is 13.0 Å². The third-order valence-corrected chi connectivity index (χ3v) is 3.37. The minimum atomic E-state index is -0.352. The molecule has 0 amide bonds. The molecule has 5 heteroatoms. The molecule has 0 aliphatic heterocycles. The number of methoxy groups -OCH3 is 1. The Morgan fingerprint density at radius 1 is 1.10 bits per heavy atom. The Bertz CT molecular complexity index is 771. The van der Waals surface area contributed by atoms with Gasteiger partial charge in [0.15, 0.2) is 0 Å². The molecule has 1 atom stereocenters. The first-order chi connectivity index (χ1) is 10.2. The Hall–Kier alpha value is -2.53. The number of para-hydroxylation sites is 1. The lowest BCUT2D eigenvalue weighted by Gasteiger charge is -2.14. The summed E-state index contributed by atoms with van der Waals surface area (Å²) in [4.78, 5) is 13.2. The third kappa shape index (κ3) is 2.55. The van der Waals surface area contributed by atoms with E-state index in [2.05, 4.69) is 15.0 Å². The maximum atomic E-state index is 6.37. The van der Waals surface area contributed by atoms with E-state index in [1.54, 1.807) is 19.4 Å². The number of fused-ring (bicyclic) bond motifs is 1. The first-order valence-corrected chi connectivity index (χ1v) is 6.68. The Morgan fingerprint density at radius 3 is 2.62 bits per heavy atom. The van der Waals surface area contributed by atoms with Gasteiger partial charge in [0.2, 0.25) is 5.88 Å². The predicted octanol–water partition coefficient (Wildman–Crippen LogP) is 2.39. The van der Waals surface area contributed by atoms with Gasteiger partial charge in [0.25, 0.3) is 0 Å². The monoisotopic (exact) mass is 280 g/mol. The van der Waals surface area contributed by atoms with Crippen molar-refractivity contribution >= 4 is 10.9 Å². The highest BCUT2D eigenvalue weighted by molar-refractivity contribution is 5.81. The molecule has 0 saturated carbocycles. The standard InChI is InChI=1S/C16H16N4O/c1-10-19-13-6-4-3-5-12(13)16(20-10)15(17)11-7-8-14(21-2)18-9-11/h3-9,15H,17H2,1-2H3. The molecular formula is C16H16N4O. The van der Waals surface area contributed by atoms with E-state index in [1.807, 2.05) is 37.3 Å². The van der Waals surface area contributed by atoms with Crippen LogP contribution in [0.4, 0.5) is 0 Å². The zero-order valence-corrected chi connectivity index (χ0v) is 11.9. The molecule has 3 aromatic rings. The lowest BCUT2D eigenvalue weighted by atomic mass is 10.0. The fourth-order valence-electron chi connectivity index (χ4n) is 2.31. The van der Waals surface area contributed by atoms with Crippen LogP contribution in [0.15, 0.2) is 42.6 Å². The quantitative estimate of drug-likeness (QED) is 0.797. The summed E-state index contributed by atoms with van der Waals surface area (Å²) in [5, 5.41) is 0.964. The van der Waals surface area contributed by atoms with Crippen LogP contribution in [-0.2, 0) is 0 Å². The summed E-state index contributed by atoms with van der Waals surface area (Å²) in [6.07, 6.45) is 1.72. The fourth-order valence-corrected chi connectivity index (χ4v) is 2.31. The summed E-state index contributed by atoms with van der Waals surface area (Å²) in [6, 6.07) is 11.2. The van der Waals surface area contributed by atoms with Crippen LogP contribution in [-0.4, -0.2) is 22.1 Å². The van der Waals surface area contributed by atoms with Crippen molar-refractivity contribution in [1.82, 2.24) is 15.0 Å². The van der Waals surface area contributed by atoms with Gasteiger partial charge in [-0.2, -0.15) is 0 Å². The van der Waals surface area contributed by atoms with Crippen LogP contribution in [0.25, 0.3) is 10.9 Å². The molecule has 0 aliphatic rings. The molecule has 1 aromatic carbocycles. The summed E-state index contributed by atoms with van der Waals surface area (Å²) in [5.41, 5.74) is 8.97. The number of ether oxygens (including phenoxy) is 1. The lowest BCUT2D eigenvalue weighted by Crippen LogP contribution is -2.15. The highest BCUT2D eigenvalue weighted by atomic mass is 16.5. The highest BCUT2D eigenvalue weighted by Gasteiger charge is 2.15. The van der Waals surface area contributed by atoms with Crippen molar-refractivity contribution in [3.8, 4) is 5.88 Å². The van der Waals surface area contributed by atoms with E-state index >= 15 is 0 Å². The van der Waals surface area contributed by atoms with E-state index in [1.165, 1.54) is 0 Å². The molecule has 0 radical (unpaired) electrons. The largest absolute Gasteiger partial charge is 0.481 e. The molecule has 0 fully saturated rings. The van der Waals surface area contributed by atoms with E-state index < -0.39 is 0 Å². The average molecular weight is 280 g/mol. The van der Waals surface area contributed by atoms with Crippen molar-refractivity contribution in [3.63, 3.8) is 0 Å². The van der Waals surface area contributed by atoms with Crippen molar-refractivity contribution in [1.29, 1.82) is 0 Å². The molecule has 2 N–H and O–H groups in total. The second-order valence-electron chi connectivity index (χ2n) is 4.78. The Labute approximate surface area is 122 Å². The van der Waals surface area contributed by atoms with Crippen LogP contribution < -0.4 is 10.5 Å². The van der Waals surface area contributed by atoms with Gasteiger partial charge in [-0.05, 0) is 18.6 Å². The second-order valence-corrected chi connectivity index (χ2v) is 4.78. The predicted molar refractivity (Wildman–Crippen MR) is 81.1 cm³/mol. The van der Waals surface area contributed by atoms with Crippen LogP contribution in [0.3, 0.4) is 0 Å². The number of nitrogens with zero attached hydrogens (tertiary/aromatic N) is 3. The van der Waals surface area contributed by atoms with Gasteiger partial charge in [-0.15, -0.1) is 0 Å². The zero-order valence-electron chi connectivity index (χ0n) is 11.9. The topological polar surface area (TPSA) is 73.9 Å². The number of hydrogen-bond donors (Lipinski definition) is 1. The van der Waals surface area contributed by atoms with E-state index in [0.29, 0.717) is 11.7 Å². The molecule has 3 rings (SSSR count). The van der Waals surface area contributed by atoms with Gasteiger partial charge in [-0.3, -0.25) is 0 Å². The van der Waals surface area contributed by atoms with Crippen molar-refractivity contribution in [2.75, 3.05) is 7.11 Å². The number of rotatable bonds is 3. The molecule has 0 saturated heterocycles. The smallest absolute Gasteiger partial charge is 0.212 e. The van der Waals surface area contributed by atoms with Crippen molar-refractivity contribution in [2.24, 2.45) is 5.73 Å². The first kappa shape index (κ1) is 13.5. The van der Waals surface area contributed by atoms with E-state index in [-0.39, 0.29) is 6.04 Å². The van der Waals surface area contributed by atoms with Gasteiger partial charge in [-0.25, -0.2) is 15.0 Å². The second kappa shape index (κ2) is 5.46. The first-order valence-electron chi connectivity index (χ1n) is 6.68. The summed E-state index contributed by atoms with van der Waals surface area (Å²) >= 11 is 0. The Balaban J connectivity index is 2.09. The molecule has 2 aromatic heterocycles. The molecule has 106 valence electrons. The van der Waals surface area contributed by atoms with Crippen LogP contribution in [0.1, 0.15) is 23.1 Å². The van der Waals surface area contributed by atoms with Gasteiger partial charge in [0.1, 0.15) is 5.82 Å². The maximum absolute atomic E-state index is 6.37. The van der Waals surface area contributed by atoms with Gasteiger partial charge in [0.05, 0.1) is 24.4 Å². The van der Waals surface area contributed by atoms with Gasteiger partial charge < -0.3 is 10.5 Å². The number of hydrogen-bond acceptors (Lipinski definition) is 5. The number of pyridine rings is 1. The Kier molecular flexibility index (Phi) is 3.50. The van der Waals surface area contributed by atoms with Crippen LogP contribution in [0, 0.1) is 6.92 Å². The van der Waals surface area contributed by atoms with Gasteiger partial charge in [0, 0.05) is 17.6 Å². The summed E-state index contributed by atoms with van der Waals surface area (Å²) in [6.45, 7) is 1.87. The van der Waals surface area contributed by atoms with Gasteiger partial charge in [-0.1, -0.05) is 24.3 Å². The van der Waals surface area contributed by atoms with E-state index in [9.17, 15) is 0 Å². The van der Waals surface area contributed by atoms with Crippen LogP contribution >= 0.6 is 0 Å². The molecule has 0 spiro atoms. The lowest BCUT2D eigenvalue weighted by molar-refractivity contribution is 0.397. The molecule has 0 aliphatic carbocycles. The summed E-state index contributed by atoms with van der Waals surface area (Å²) in [5.74, 6) is 1.27. The molecule has 0 bridgehead atoms. The molecule has 1 unspecified atom stereocenters. The third-order valence-electron chi connectivity index (χ3n) is 3.37. The minimum Gasteiger partial charge on any atom is -0.481 e. The average Bonchev–Trinajstić information content (AvgIpc) is 2.53. The fraction of sp³-hybridized carbons (Fsp3) is 0.188. The van der Waals surface area contributed by atoms with E-state index in [0.717, 1.165) is 22.2 Å². The van der Waals surface area contributed by atoms with Crippen LogP contribution in [0.2, 0.25) is 0 Å². The molecule has 5 nitrogen and oxygen atoms in total. The molecule has 2 heterocycles. The van der Waals surface area contributed by atoms with Crippen molar-refractivity contribution < 1.29 is 4.74 Å². The minimum absolute atomic E-state index is 0.352. The normalized spacial score (nSPS) is 12.3. The summed E-state index contributed by atoms with van der Waals surface area (Å²) < 4.78 is 5.07. The summed E-state index contributed by atoms with van der Waals surface area (Å²) in [7, 11) is 1.59. The molecule has 21 heavy (non-hydrogen) atoms. The van der Waals surface area contributed by atoms with Gasteiger partial charge >= 0.3 is 0 Å². The van der Waals surface area contributed by atoms with E-state index in [4.69, 9.17) is 10.5 Å². The number of aryl methyl sites for hydroxylation is 1. The van der Waals surface area contributed by atoms with Crippen LogP contribution in [0.5, 0.6) is 5.88 Å². The Morgan fingerprint density at radius 2 is 1.90 bits per heavy atom. The van der Waals surface area contributed by atoms with Crippen molar-refractivity contribution in [3.05, 3.63) is 59.7 Å². The maximum Gasteiger partial charge on any atom is 0.212 e. The number of benzene rings is 1. The number of aromatic nitrogens is 3.